The van der Waals surface area contributed by atoms with Gasteiger partial charge in [-0.3, -0.25) is 4.79 Å². The Kier molecular flexibility index (Phi) is 3.66. The van der Waals surface area contributed by atoms with Crippen LogP contribution in [-0.2, 0) is 11.2 Å². The fourth-order valence-electron chi connectivity index (χ4n) is 0.862. The molecule has 0 saturated carbocycles. The third-order valence-corrected chi connectivity index (χ3v) is 3.00. The van der Waals surface area contributed by atoms with E-state index in [9.17, 15) is 9.18 Å². The number of carbonyl (C=O) groups is 1. The average Bonchev–Trinajstić information content (AvgIpc) is 1.99. The number of halogens is 3. The maximum atomic E-state index is 12.9. The maximum absolute atomic E-state index is 12.9. The molecule has 0 atom stereocenters. The summed E-state index contributed by atoms with van der Waals surface area (Å²) in [6, 6.07) is 2.80. The summed E-state index contributed by atoms with van der Waals surface area (Å²) in [7, 11) is 0. The second kappa shape index (κ2) is 4.36. The quantitative estimate of drug-likeness (QED) is 0.652. The van der Waals surface area contributed by atoms with Crippen molar-refractivity contribution in [2.24, 2.45) is 0 Å². The molecule has 0 radical (unpaired) electrons. The van der Waals surface area contributed by atoms with Crippen LogP contribution in [0.3, 0.4) is 0 Å². The number of carboxylic acid groups (broad SMARTS) is 1. The molecule has 2 nitrogen and oxygen atoms in total. The minimum absolute atomic E-state index is 0.100. The van der Waals surface area contributed by atoms with E-state index in [1.54, 1.807) is 0 Å². The van der Waals surface area contributed by atoms with Crippen molar-refractivity contribution < 1.29 is 14.3 Å². The van der Waals surface area contributed by atoms with E-state index >= 15 is 0 Å². The fraction of sp³-hybridized carbons (Fsp3) is 0.125. The van der Waals surface area contributed by atoms with Gasteiger partial charge in [-0.15, -0.1) is 0 Å². The summed E-state index contributed by atoms with van der Waals surface area (Å²) in [5.74, 6) is -1.27. The van der Waals surface area contributed by atoms with E-state index in [4.69, 9.17) is 5.11 Å². The van der Waals surface area contributed by atoms with Gasteiger partial charge in [0.25, 0.3) is 0 Å². The third-order valence-electron chi connectivity index (χ3n) is 1.43. The van der Waals surface area contributed by atoms with Crippen LogP contribution in [0.25, 0.3) is 0 Å². The van der Waals surface area contributed by atoms with Crippen LogP contribution in [0.5, 0.6) is 0 Å². The predicted molar refractivity (Wildman–Crippen MR) is 58.2 cm³/mol. The second-order valence-electron chi connectivity index (χ2n) is 2.43. The van der Waals surface area contributed by atoms with Gasteiger partial charge in [-0.25, -0.2) is 4.39 Å². The van der Waals surface area contributed by atoms with Gasteiger partial charge in [-0.1, -0.05) is 15.9 Å². The summed E-state index contributed by atoms with van der Waals surface area (Å²) in [6.45, 7) is 0. The first-order valence-corrected chi connectivity index (χ1v) is 5.23. The molecule has 0 bridgehead atoms. The molecular weight excluding hydrogens is 354 g/mol. The summed E-state index contributed by atoms with van der Waals surface area (Å²) < 4.78 is 13.8. The van der Waals surface area contributed by atoms with Gasteiger partial charge >= 0.3 is 5.97 Å². The molecule has 70 valence electrons. The molecule has 0 amide bonds. The summed E-state index contributed by atoms with van der Waals surface area (Å²) in [4.78, 5) is 10.4. The zero-order valence-electron chi connectivity index (χ0n) is 6.35. The van der Waals surface area contributed by atoms with E-state index in [1.165, 1.54) is 12.1 Å². The Morgan fingerprint density at radius 3 is 2.77 bits per heavy atom. The van der Waals surface area contributed by atoms with Crippen LogP contribution < -0.4 is 0 Å². The van der Waals surface area contributed by atoms with Crippen molar-refractivity contribution in [3.05, 3.63) is 31.6 Å². The molecule has 1 N–H and O–H groups in total. The van der Waals surface area contributed by atoms with Crippen molar-refractivity contribution in [1.29, 1.82) is 0 Å². The first-order chi connectivity index (χ1) is 6.00. The van der Waals surface area contributed by atoms with Gasteiger partial charge in [-0.05, 0) is 40.3 Å². The summed E-state index contributed by atoms with van der Waals surface area (Å²) in [5, 5.41) is 8.53. The first-order valence-electron chi connectivity index (χ1n) is 3.36. The first kappa shape index (κ1) is 10.9. The van der Waals surface area contributed by atoms with Gasteiger partial charge < -0.3 is 5.11 Å². The monoisotopic (exact) mass is 358 g/mol. The highest BCUT2D eigenvalue weighted by Gasteiger charge is 2.08. The molecule has 13 heavy (non-hydrogen) atoms. The molecule has 1 aromatic carbocycles. The van der Waals surface area contributed by atoms with Crippen molar-refractivity contribution in [2.45, 2.75) is 6.42 Å². The van der Waals surface area contributed by atoms with Crippen molar-refractivity contribution in [3.63, 3.8) is 0 Å². The predicted octanol–water partition coefficient (Wildman–Crippen LogP) is 2.82. The highest BCUT2D eigenvalue weighted by atomic mass is 127. The minimum atomic E-state index is -0.928. The lowest BCUT2D eigenvalue weighted by molar-refractivity contribution is -0.136. The molecule has 0 fully saturated rings. The van der Waals surface area contributed by atoms with E-state index < -0.39 is 5.97 Å². The highest BCUT2D eigenvalue weighted by Crippen LogP contribution is 2.22. The van der Waals surface area contributed by atoms with Crippen LogP contribution in [0, 0.1) is 9.39 Å². The van der Waals surface area contributed by atoms with Crippen molar-refractivity contribution in [3.8, 4) is 0 Å². The van der Waals surface area contributed by atoms with E-state index in [0.717, 1.165) is 0 Å². The molecule has 1 rings (SSSR count). The van der Waals surface area contributed by atoms with Gasteiger partial charge in [0, 0.05) is 8.04 Å². The van der Waals surface area contributed by atoms with Gasteiger partial charge in [-0.2, -0.15) is 0 Å². The van der Waals surface area contributed by atoms with E-state index in [1.807, 2.05) is 22.6 Å². The van der Waals surface area contributed by atoms with Crippen LogP contribution in [-0.4, -0.2) is 11.1 Å². The minimum Gasteiger partial charge on any atom is -0.481 e. The lowest BCUT2D eigenvalue weighted by atomic mass is 10.1. The standard InChI is InChI=1S/C8H5BrFIO2/c9-5-3-6(10)7(11)1-4(5)2-8(12)13/h1,3H,2H2,(H,12,13). The molecule has 5 heteroatoms. The van der Waals surface area contributed by atoms with Crippen LogP contribution in [0.2, 0.25) is 0 Å². The average molecular weight is 359 g/mol. The molecule has 0 saturated heterocycles. The largest absolute Gasteiger partial charge is 0.481 e. The van der Waals surface area contributed by atoms with E-state index in [0.29, 0.717) is 13.6 Å². The SMILES string of the molecule is O=C(O)Cc1cc(I)c(F)cc1Br. The Morgan fingerprint density at radius 2 is 2.23 bits per heavy atom. The van der Waals surface area contributed by atoms with Gasteiger partial charge in [0.2, 0.25) is 0 Å². The smallest absolute Gasteiger partial charge is 0.307 e. The fourth-order valence-corrected chi connectivity index (χ4v) is 1.85. The van der Waals surface area contributed by atoms with Crippen LogP contribution >= 0.6 is 38.5 Å². The Morgan fingerprint density at radius 1 is 1.62 bits per heavy atom. The Labute approximate surface area is 96.4 Å². The summed E-state index contributed by atoms with van der Waals surface area (Å²) >= 11 is 4.93. The maximum Gasteiger partial charge on any atom is 0.307 e. The van der Waals surface area contributed by atoms with Crippen LogP contribution in [0.15, 0.2) is 16.6 Å². The van der Waals surface area contributed by atoms with Crippen LogP contribution in [0.4, 0.5) is 4.39 Å². The number of rotatable bonds is 2. The molecule has 1 aromatic rings. The lowest BCUT2D eigenvalue weighted by Crippen LogP contribution is -2.01. The van der Waals surface area contributed by atoms with Gasteiger partial charge in [0.05, 0.1) is 6.42 Å². The third kappa shape index (κ3) is 2.91. The Bertz CT molecular complexity index is 354. The van der Waals surface area contributed by atoms with Crippen molar-refractivity contribution in [1.82, 2.24) is 0 Å². The number of hydrogen-bond donors (Lipinski definition) is 1. The van der Waals surface area contributed by atoms with Gasteiger partial charge in [0.15, 0.2) is 0 Å². The number of carboxylic acids is 1. The Hall–Kier alpha value is -0.170. The number of aliphatic carboxylic acids is 1. The molecular formula is C8H5BrFIO2. The van der Waals surface area contributed by atoms with Crippen LogP contribution in [0.1, 0.15) is 5.56 Å². The normalized spacial score (nSPS) is 10.1. The van der Waals surface area contributed by atoms with E-state index in [2.05, 4.69) is 15.9 Å². The molecule has 0 aromatic heterocycles. The summed E-state index contributed by atoms with van der Waals surface area (Å²) in [5.41, 5.74) is 0.582. The zero-order chi connectivity index (χ0) is 10.0. The second-order valence-corrected chi connectivity index (χ2v) is 4.44. The molecule has 0 unspecified atom stereocenters. The van der Waals surface area contributed by atoms with Crippen molar-refractivity contribution in [2.75, 3.05) is 0 Å². The number of hydrogen-bond acceptors (Lipinski definition) is 1. The molecule has 0 aliphatic rings. The molecule has 0 aliphatic carbocycles. The van der Waals surface area contributed by atoms with Gasteiger partial charge in [0.1, 0.15) is 5.82 Å². The lowest BCUT2D eigenvalue weighted by Gasteiger charge is -2.02. The highest BCUT2D eigenvalue weighted by molar-refractivity contribution is 14.1. The molecule has 0 heterocycles. The zero-order valence-corrected chi connectivity index (χ0v) is 10.1. The topological polar surface area (TPSA) is 37.3 Å². The van der Waals surface area contributed by atoms with Crippen molar-refractivity contribution >= 4 is 44.5 Å². The summed E-state index contributed by atoms with van der Waals surface area (Å²) in [6.07, 6.45) is -0.100. The van der Waals surface area contributed by atoms with E-state index in [-0.39, 0.29) is 12.2 Å². The molecule has 0 spiro atoms. The number of benzene rings is 1. The molecule has 0 aliphatic heterocycles. The Balaban J connectivity index is 3.08.